The van der Waals surface area contributed by atoms with Gasteiger partial charge in [-0.05, 0) is 36.4 Å². The smallest absolute Gasteiger partial charge is 0.0595 e. The molecule has 0 bridgehead atoms. The minimum atomic E-state index is 0.811. The number of aryl methyl sites for hydroxylation is 2. The molecule has 0 aliphatic rings. The number of aromatic nitrogens is 1. The fraction of sp³-hybridized carbons (Fsp3) is 0.182. The fourth-order valence-electron chi connectivity index (χ4n) is 0.754. The van der Waals surface area contributed by atoms with Crippen LogP contribution >= 0.6 is 11.3 Å². The topological polar surface area (TPSA) is 12.9 Å². The first-order chi connectivity index (χ1) is 6.11. The molecule has 0 fully saturated rings. The van der Waals surface area contributed by atoms with Crippen molar-refractivity contribution in [1.29, 1.82) is 0 Å². The molecule has 0 N–H and O–H groups in total. The summed E-state index contributed by atoms with van der Waals surface area (Å²) < 4.78 is 1.06. The first-order valence-electron chi connectivity index (χ1n) is 4.04. The summed E-state index contributed by atoms with van der Waals surface area (Å²) in [7, 11) is 0. The Balaban J connectivity index is 3.64. The molecule has 0 radical (unpaired) electrons. The second-order valence-electron chi connectivity index (χ2n) is 2.92. The van der Waals surface area contributed by atoms with E-state index < -0.39 is 0 Å². The van der Waals surface area contributed by atoms with Gasteiger partial charge in [0.1, 0.15) is 0 Å². The molecular formula is C11H13NS. The Hall–Kier alpha value is -1.15. The largest absolute Gasteiger partial charge is 0.257 e. The zero-order chi connectivity index (χ0) is 9.84. The van der Waals surface area contributed by atoms with Crippen LogP contribution in [0.5, 0.6) is 0 Å². The summed E-state index contributed by atoms with van der Waals surface area (Å²) in [6, 6.07) is 1.95. The minimum Gasteiger partial charge on any atom is -0.257 e. The second-order valence-corrected chi connectivity index (χ2v) is 3.88. The zero-order valence-corrected chi connectivity index (χ0v) is 8.82. The van der Waals surface area contributed by atoms with Gasteiger partial charge in [0.2, 0.25) is 0 Å². The number of hydrogen-bond donors (Lipinski definition) is 0. The molecule has 0 saturated carbocycles. The highest BCUT2D eigenvalue weighted by Crippen LogP contribution is 1.89. The van der Waals surface area contributed by atoms with Gasteiger partial charge < -0.3 is 0 Å². The molecule has 13 heavy (non-hydrogen) atoms. The predicted octanol–water partition coefficient (Wildman–Crippen LogP) is 1.70. The van der Waals surface area contributed by atoms with E-state index >= 15 is 0 Å². The Kier molecular flexibility index (Phi) is 3.20. The molecule has 1 nitrogen and oxygen atoms in total. The van der Waals surface area contributed by atoms with Crippen LogP contribution in [0.4, 0.5) is 0 Å². The van der Waals surface area contributed by atoms with Crippen LogP contribution in [-0.4, -0.2) is 4.98 Å². The Morgan fingerprint density at radius 3 is 2.62 bits per heavy atom. The summed E-state index contributed by atoms with van der Waals surface area (Å²) in [5.74, 6) is 0. The third-order valence-corrected chi connectivity index (χ3v) is 2.91. The van der Waals surface area contributed by atoms with E-state index in [-0.39, 0.29) is 0 Å². The van der Waals surface area contributed by atoms with Gasteiger partial charge in [0.25, 0.3) is 0 Å². The molecule has 0 aliphatic heterocycles. The fourth-order valence-corrected chi connectivity index (χ4v) is 1.46. The van der Waals surface area contributed by atoms with Crippen molar-refractivity contribution in [3.05, 3.63) is 38.7 Å². The van der Waals surface area contributed by atoms with Crippen molar-refractivity contribution in [3.63, 3.8) is 0 Å². The van der Waals surface area contributed by atoms with Gasteiger partial charge in [0.15, 0.2) is 0 Å². The molecular weight excluding hydrogens is 178 g/mol. The highest BCUT2D eigenvalue weighted by atomic mass is 32.1. The maximum atomic E-state index is 4.19. The van der Waals surface area contributed by atoms with Crippen molar-refractivity contribution in [2.75, 3.05) is 0 Å². The van der Waals surface area contributed by atoms with Gasteiger partial charge in [0.05, 0.1) is 5.35 Å². The Morgan fingerprint density at radius 2 is 1.92 bits per heavy atom. The van der Waals surface area contributed by atoms with Crippen molar-refractivity contribution in [2.45, 2.75) is 13.8 Å². The highest BCUT2D eigenvalue weighted by molar-refractivity contribution is 7.07. The minimum absolute atomic E-state index is 0.811. The lowest BCUT2D eigenvalue weighted by atomic mass is 10.3. The normalized spacial score (nSPS) is 9.38. The Labute approximate surface area is 82.4 Å². The molecule has 1 heterocycles. The van der Waals surface area contributed by atoms with E-state index in [0.29, 0.717) is 0 Å². The van der Waals surface area contributed by atoms with E-state index in [1.54, 1.807) is 17.5 Å². The summed E-state index contributed by atoms with van der Waals surface area (Å²) in [5.41, 5.74) is 2.23. The molecule has 1 rings (SSSR count). The summed E-state index contributed by atoms with van der Waals surface area (Å²) >= 11 is 1.62. The van der Waals surface area contributed by atoms with Crippen molar-refractivity contribution in [3.8, 4) is 0 Å². The average Bonchev–Trinajstić information content (AvgIpc) is 2.15. The second kappa shape index (κ2) is 4.19. The van der Waals surface area contributed by atoms with Gasteiger partial charge in [-0.3, -0.25) is 4.98 Å². The van der Waals surface area contributed by atoms with Crippen LogP contribution in [-0.2, 0) is 0 Å². The lowest BCUT2D eigenvalue weighted by Gasteiger charge is -1.82. The molecule has 1 aromatic heterocycles. The van der Waals surface area contributed by atoms with Crippen LogP contribution < -0.4 is 9.88 Å². The van der Waals surface area contributed by atoms with E-state index in [9.17, 15) is 0 Å². The lowest BCUT2D eigenvalue weighted by Crippen LogP contribution is -2.03. The van der Waals surface area contributed by atoms with Gasteiger partial charge in [-0.1, -0.05) is 13.2 Å². The predicted molar refractivity (Wildman–Crippen MR) is 59.5 cm³/mol. The molecule has 0 saturated heterocycles. The molecule has 0 unspecified atom stereocenters. The summed E-state index contributed by atoms with van der Waals surface area (Å²) in [5, 5.41) is 2.84. The van der Waals surface area contributed by atoms with Gasteiger partial charge in [-0.15, -0.1) is 11.3 Å². The standard InChI is InChI=1S/C11H13NS/c1-8-5-6-12-10(3)9(2)7-13-11(8)4/h5-7H,3-4H2,1-2H3. The molecule has 0 aromatic carbocycles. The molecule has 1 aromatic rings. The summed E-state index contributed by atoms with van der Waals surface area (Å²) in [6.45, 7) is 11.8. The van der Waals surface area contributed by atoms with Crippen molar-refractivity contribution >= 4 is 24.5 Å². The van der Waals surface area contributed by atoms with Crippen LogP contribution in [0, 0.1) is 13.8 Å². The van der Waals surface area contributed by atoms with E-state index in [1.807, 2.05) is 25.3 Å². The average molecular weight is 191 g/mol. The van der Waals surface area contributed by atoms with Crippen molar-refractivity contribution < 1.29 is 0 Å². The SMILES string of the molecule is C=c1nccc(C)c(=C)scc1C. The van der Waals surface area contributed by atoms with E-state index in [2.05, 4.69) is 18.1 Å². The first-order valence-corrected chi connectivity index (χ1v) is 4.92. The monoisotopic (exact) mass is 191 g/mol. The van der Waals surface area contributed by atoms with Gasteiger partial charge in [-0.25, -0.2) is 0 Å². The van der Waals surface area contributed by atoms with Crippen LogP contribution in [0.15, 0.2) is 17.6 Å². The molecule has 0 aliphatic carbocycles. The lowest BCUT2D eigenvalue weighted by molar-refractivity contribution is 1.23. The highest BCUT2D eigenvalue weighted by Gasteiger charge is 1.83. The van der Waals surface area contributed by atoms with Crippen LogP contribution in [0.3, 0.4) is 0 Å². The third kappa shape index (κ3) is 2.67. The van der Waals surface area contributed by atoms with Gasteiger partial charge in [-0.2, -0.15) is 0 Å². The molecule has 0 atom stereocenters. The van der Waals surface area contributed by atoms with E-state index in [4.69, 9.17) is 0 Å². The Bertz CT molecular complexity index is 444. The van der Waals surface area contributed by atoms with Crippen LogP contribution in [0.25, 0.3) is 13.2 Å². The Morgan fingerprint density at radius 1 is 1.23 bits per heavy atom. The van der Waals surface area contributed by atoms with Crippen LogP contribution in [0.2, 0.25) is 0 Å². The van der Waals surface area contributed by atoms with Gasteiger partial charge in [0, 0.05) is 10.7 Å². The summed E-state index contributed by atoms with van der Waals surface area (Å²) in [4.78, 5) is 4.19. The van der Waals surface area contributed by atoms with Crippen molar-refractivity contribution in [2.24, 2.45) is 0 Å². The summed E-state index contributed by atoms with van der Waals surface area (Å²) in [6.07, 6.45) is 1.77. The maximum Gasteiger partial charge on any atom is 0.0595 e. The van der Waals surface area contributed by atoms with E-state index in [1.165, 1.54) is 0 Å². The molecule has 0 amide bonds. The maximum absolute atomic E-state index is 4.19. The quantitative estimate of drug-likeness (QED) is 0.608. The van der Waals surface area contributed by atoms with E-state index in [0.717, 1.165) is 21.0 Å². The molecule has 2 heteroatoms. The van der Waals surface area contributed by atoms with Crippen LogP contribution in [0.1, 0.15) is 11.1 Å². The molecule has 68 valence electrons. The third-order valence-electron chi connectivity index (χ3n) is 1.83. The zero-order valence-electron chi connectivity index (χ0n) is 8.00. The van der Waals surface area contributed by atoms with Crippen molar-refractivity contribution in [1.82, 2.24) is 4.98 Å². The number of hydrogen-bond acceptors (Lipinski definition) is 2. The molecule has 0 spiro atoms. The first kappa shape index (κ1) is 9.93. The number of rotatable bonds is 0. The van der Waals surface area contributed by atoms with Gasteiger partial charge >= 0.3 is 0 Å². The number of nitrogens with zero attached hydrogens (tertiary/aromatic N) is 1.